The van der Waals surface area contributed by atoms with Gasteiger partial charge in [-0.05, 0) is 39.0 Å². The molecule has 8 heteroatoms. The van der Waals surface area contributed by atoms with Gasteiger partial charge in [0, 0.05) is 5.54 Å². The van der Waals surface area contributed by atoms with Crippen LogP contribution < -0.4 is 4.72 Å². The van der Waals surface area contributed by atoms with Gasteiger partial charge in [0.15, 0.2) is 0 Å². The second-order valence-corrected chi connectivity index (χ2v) is 7.80. The van der Waals surface area contributed by atoms with Crippen molar-refractivity contribution in [1.82, 2.24) is 4.72 Å². The van der Waals surface area contributed by atoms with Crippen LogP contribution in [0.3, 0.4) is 0 Å². The molecule has 0 aliphatic carbocycles. The highest BCUT2D eigenvalue weighted by Crippen LogP contribution is 2.18. The lowest BCUT2D eigenvalue weighted by Gasteiger charge is -2.20. The maximum Gasteiger partial charge on any atom is 0.332 e. The number of hydrogen-bond donors (Lipinski definition) is 1. The van der Waals surface area contributed by atoms with Gasteiger partial charge >= 0.3 is 10.2 Å². The van der Waals surface area contributed by atoms with Crippen LogP contribution in [0.15, 0.2) is 34.1 Å². The summed E-state index contributed by atoms with van der Waals surface area (Å²) in [7, 11) is -8.80. The zero-order valence-corrected chi connectivity index (χ0v) is 11.8. The van der Waals surface area contributed by atoms with E-state index < -0.39 is 30.7 Å². The molecule has 1 N–H and O–H groups in total. The second kappa shape index (κ2) is 4.60. The van der Waals surface area contributed by atoms with Gasteiger partial charge in [-0.3, -0.25) is 0 Å². The first-order valence-electron chi connectivity index (χ1n) is 5.00. The summed E-state index contributed by atoms with van der Waals surface area (Å²) in [5, 5.41) is 0. The summed E-state index contributed by atoms with van der Waals surface area (Å²) in [6.07, 6.45) is 0. The first kappa shape index (κ1) is 15.1. The third-order valence-electron chi connectivity index (χ3n) is 1.84. The molecule has 0 aliphatic rings. The van der Waals surface area contributed by atoms with Crippen LogP contribution in [-0.4, -0.2) is 22.4 Å². The maximum absolute atomic E-state index is 12.8. The fourth-order valence-corrected chi connectivity index (χ4v) is 3.30. The largest absolute Gasteiger partial charge is 0.332 e. The molecular weight excluding hydrogens is 281 g/mol. The lowest BCUT2D eigenvalue weighted by Crippen LogP contribution is -2.40. The van der Waals surface area contributed by atoms with E-state index >= 15 is 0 Å². The molecule has 0 saturated heterocycles. The molecule has 0 unspecified atom stereocenters. The van der Waals surface area contributed by atoms with Crippen molar-refractivity contribution >= 4 is 20.2 Å². The highest BCUT2D eigenvalue weighted by Gasteiger charge is 2.23. The van der Waals surface area contributed by atoms with E-state index in [1.165, 1.54) is 12.1 Å². The van der Waals surface area contributed by atoms with Gasteiger partial charge in [-0.2, -0.15) is 8.42 Å². The Morgan fingerprint density at radius 3 is 2.00 bits per heavy atom. The van der Waals surface area contributed by atoms with Crippen LogP contribution in [0, 0.1) is 0 Å². The van der Waals surface area contributed by atoms with E-state index in [4.69, 9.17) is 0 Å². The number of nitrogens with one attached hydrogen (secondary N) is 1. The molecule has 0 aliphatic heterocycles. The Hall–Kier alpha value is -0.990. The minimum absolute atomic E-state index is 0.295. The summed E-state index contributed by atoms with van der Waals surface area (Å²) in [4.78, 5) is -0.976. The molecule has 0 aromatic heterocycles. The third-order valence-corrected chi connectivity index (χ3v) is 4.41. The molecule has 5 nitrogen and oxygen atoms in total. The fraction of sp³-hybridized carbons (Fsp3) is 0.400. The zero-order chi connectivity index (χ0) is 14.2. The molecule has 18 heavy (non-hydrogen) atoms. The van der Waals surface area contributed by atoms with E-state index in [2.05, 4.69) is 4.72 Å². The topological polar surface area (TPSA) is 80.3 Å². The number of rotatable bonds is 3. The standard InChI is InChI=1S/C10H14FNO4S2/c1-10(2,3)12-18(15,16)9-6-4-5-8(7-9)17(11,13)14/h4-7,12H,1-3H3. The van der Waals surface area contributed by atoms with Gasteiger partial charge in [-0.1, -0.05) is 6.07 Å². The van der Waals surface area contributed by atoms with Crippen molar-refractivity contribution in [1.29, 1.82) is 0 Å². The lowest BCUT2D eigenvalue weighted by molar-refractivity contribution is 0.491. The normalized spacial score (nSPS) is 13.6. The van der Waals surface area contributed by atoms with Crippen LogP contribution in [-0.2, 0) is 20.2 Å². The predicted molar refractivity (Wildman–Crippen MR) is 64.8 cm³/mol. The van der Waals surface area contributed by atoms with Gasteiger partial charge < -0.3 is 0 Å². The Kier molecular flexibility index (Phi) is 3.85. The van der Waals surface area contributed by atoms with Gasteiger partial charge in [-0.15, -0.1) is 3.89 Å². The van der Waals surface area contributed by atoms with Gasteiger partial charge in [-0.25, -0.2) is 13.1 Å². The highest BCUT2D eigenvalue weighted by atomic mass is 32.3. The van der Waals surface area contributed by atoms with Gasteiger partial charge in [0.25, 0.3) is 0 Å². The molecule has 0 spiro atoms. The van der Waals surface area contributed by atoms with Crippen LogP contribution in [0.4, 0.5) is 3.89 Å². The molecule has 0 radical (unpaired) electrons. The van der Waals surface area contributed by atoms with E-state index in [-0.39, 0.29) is 4.90 Å². The Balaban J connectivity index is 3.28. The minimum Gasteiger partial charge on any atom is -0.207 e. The number of hydrogen-bond acceptors (Lipinski definition) is 4. The molecule has 0 bridgehead atoms. The molecule has 0 amide bonds. The van der Waals surface area contributed by atoms with Crippen LogP contribution in [0.2, 0.25) is 0 Å². The lowest BCUT2D eigenvalue weighted by atomic mass is 10.1. The maximum atomic E-state index is 12.8. The smallest absolute Gasteiger partial charge is 0.207 e. The Morgan fingerprint density at radius 2 is 1.56 bits per heavy atom. The SMILES string of the molecule is CC(C)(C)NS(=O)(=O)c1cccc(S(=O)(=O)F)c1. The summed E-state index contributed by atoms with van der Waals surface area (Å²) < 4.78 is 60.4. The van der Waals surface area contributed by atoms with Crippen molar-refractivity contribution in [2.24, 2.45) is 0 Å². The van der Waals surface area contributed by atoms with E-state index in [0.717, 1.165) is 12.1 Å². The summed E-state index contributed by atoms with van der Waals surface area (Å²) in [6.45, 7) is 4.92. The molecule has 1 aromatic rings. The Bertz CT molecular complexity index is 645. The minimum atomic E-state index is -4.92. The van der Waals surface area contributed by atoms with Crippen LogP contribution >= 0.6 is 0 Å². The average molecular weight is 295 g/mol. The molecular formula is C10H14FNO4S2. The number of halogens is 1. The third kappa shape index (κ3) is 4.04. The number of benzene rings is 1. The summed E-state index contributed by atoms with van der Waals surface area (Å²) in [6, 6.07) is 4.14. The molecule has 1 aromatic carbocycles. The van der Waals surface area contributed by atoms with Crippen molar-refractivity contribution in [3.05, 3.63) is 24.3 Å². The highest BCUT2D eigenvalue weighted by molar-refractivity contribution is 7.89. The average Bonchev–Trinajstić information content (AvgIpc) is 2.13. The van der Waals surface area contributed by atoms with E-state index in [9.17, 15) is 20.7 Å². The monoisotopic (exact) mass is 295 g/mol. The van der Waals surface area contributed by atoms with Gasteiger partial charge in [0.1, 0.15) is 0 Å². The second-order valence-electron chi connectivity index (χ2n) is 4.77. The molecule has 0 atom stereocenters. The molecule has 0 heterocycles. The van der Waals surface area contributed by atoms with Crippen LogP contribution in [0.25, 0.3) is 0 Å². The van der Waals surface area contributed by atoms with E-state index in [0.29, 0.717) is 0 Å². The van der Waals surface area contributed by atoms with Crippen LogP contribution in [0.5, 0.6) is 0 Å². The molecule has 1 rings (SSSR count). The zero-order valence-electron chi connectivity index (χ0n) is 10.1. The quantitative estimate of drug-likeness (QED) is 0.855. The first-order chi connectivity index (χ1) is 7.92. The van der Waals surface area contributed by atoms with Crippen molar-refractivity contribution in [2.45, 2.75) is 36.1 Å². The van der Waals surface area contributed by atoms with E-state index in [1.54, 1.807) is 20.8 Å². The predicted octanol–water partition coefficient (Wildman–Crippen LogP) is 1.42. The first-order valence-corrected chi connectivity index (χ1v) is 7.87. The molecule has 0 saturated carbocycles. The van der Waals surface area contributed by atoms with Gasteiger partial charge in [0.2, 0.25) is 10.0 Å². The van der Waals surface area contributed by atoms with Crippen molar-refractivity contribution in [3.8, 4) is 0 Å². The van der Waals surface area contributed by atoms with Crippen molar-refractivity contribution < 1.29 is 20.7 Å². The molecule has 0 fully saturated rings. The van der Waals surface area contributed by atoms with Crippen LogP contribution in [0.1, 0.15) is 20.8 Å². The molecule has 102 valence electrons. The van der Waals surface area contributed by atoms with Crippen molar-refractivity contribution in [2.75, 3.05) is 0 Å². The summed E-state index contributed by atoms with van der Waals surface area (Å²) in [5.41, 5.74) is -0.719. The van der Waals surface area contributed by atoms with E-state index in [1.807, 2.05) is 0 Å². The number of sulfonamides is 1. The van der Waals surface area contributed by atoms with Crippen molar-refractivity contribution in [3.63, 3.8) is 0 Å². The van der Waals surface area contributed by atoms with Gasteiger partial charge in [0.05, 0.1) is 9.79 Å². The summed E-state index contributed by atoms with van der Waals surface area (Å²) >= 11 is 0. The Labute approximate surface area is 106 Å². The summed E-state index contributed by atoms with van der Waals surface area (Å²) in [5.74, 6) is 0. The fourth-order valence-electron chi connectivity index (χ4n) is 1.26. The Morgan fingerprint density at radius 1 is 1.06 bits per heavy atom.